The Kier molecular flexibility index (Phi) is 3.42. The van der Waals surface area contributed by atoms with Crippen LogP contribution in [0.5, 0.6) is 0 Å². The molecule has 0 aliphatic carbocycles. The van der Waals surface area contributed by atoms with E-state index < -0.39 is 0 Å². The average molecular weight is 254 g/mol. The third-order valence-electron chi connectivity index (χ3n) is 3.42. The Balaban J connectivity index is 1.90. The molecule has 0 radical (unpaired) electrons. The van der Waals surface area contributed by atoms with Crippen LogP contribution < -0.4 is 10.2 Å². The normalized spacial score (nSPS) is 14.3. The summed E-state index contributed by atoms with van der Waals surface area (Å²) < 4.78 is 0. The van der Waals surface area contributed by atoms with Gasteiger partial charge in [-0.25, -0.2) is 9.97 Å². The molecule has 19 heavy (non-hydrogen) atoms. The molecular weight excluding hydrogens is 236 g/mol. The van der Waals surface area contributed by atoms with Crippen molar-refractivity contribution in [3.05, 3.63) is 47.8 Å². The molecule has 3 rings (SSSR count). The Bertz CT molecular complexity index is 550. The second kappa shape index (κ2) is 5.36. The van der Waals surface area contributed by atoms with E-state index in [-0.39, 0.29) is 0 Å². The summed E-state index contributed by atoms with van der Waals surface area (Å²) in [5.74, 6) is 0.798. The van der Waals surface area contributed by atoms with Gasteiger partial charge in [0, 0.05) is 36.7 Å². The SMILES string of the molecule is CNCc1cnc(N2CCCc3ccccc32)nc1. The zero-order valence-corrected chi connectivity index (χ0v) is 11.1. The van der Waals surface area contributed by atoms with Crippen LogP contribution in [0, 0.1) is 0 Å². The van der Waals surface area contributed by atoms with Crippen LogP contribution in [0.1, 0.15) is 17.5 Å². The van der Waals surface area contributed by atoms with Gasteiger partial charge in [0.2, 0.25) is 5.95 Å². The molecule has 1 aliphatic heterocycles. The summed E-state index contributed by atoms with van der Waals surface area (Å²) in [6.07, 6.45) is 6.09. The van der Waals surface area contributed by atoms with Gasteiger partial charge in [-0.15, -0.1) is 0 Å². The first kappa shape index (κ1) is 12.1. The number of aryl methyl sites for hydroxylation is 1. The van der Waals surface area contributed by atoms with Gasteiger partial charge >= 0.3 is 0 Å². The van der Waals surface area contributed by atoms with E-state index in [0.29, 0.717) is 0 Å². The van der Waals surface area contributed by atoms with Crippen LogP contribution in [0.25, 0.3) is 0 Å². The summed E-state index contributed by atoms with van der Waals surface area (Å²) in [6, 6.07) is 8.52. The van der Waals surface area contributed by atoms with Crippen LogP contribution in [-0.4, -0.2) is 23.6 Å². The molecular formula is C15H18N4. The van der Waals surface area contributed by atoms with Crippen molar-refractivity contribution in [2.24, 2.45) is 0 Å². The topological polar surface area (TPSA) is 41.1 Å². The molecule has 2 heterocycles. The van der Waals surface area contributed by atoms with E-state index in [1.807, 2.05) is 19.4 Å². The number of aromatic nitrogens is 2. The minimum atomic E-state index is 0.798. The molecule has 0 saturated heterocycles. The van der Waals surface area contributed by atoms with Crippen molar-refractivity contribution in [1.29, 1.82) is 0 Å². The van der Waals surface area contributed by atoms with Crippen LogP contribution >= 0.6 is 0 Å². The third kappa shape index (κ3) is 2.44. The highest BCUT2D eigenvalue weighted by molar-refractivity contribution is 5.63. The highest BCUT2D eigenvalue weighted by Crippen LogP contribution is 2.30. The number of hydrogen-bond donors (Lipinski definition) is 1. The van der Waals surface area contributed by atoms with Crippen molar-refractivity contribution in [3.8, 4) is 0 Å². The van der Waals surface area contributed by atoms with E-state index >= 15 is 0 Å². The van der Waals surface area contributed by atoms with E-state index in [0.717, 1.165) is 37.4 Å². The van der Waals surface area contributed by atoms with E-state index in [9.17, 15) is 0 Å². The lowest BCUT2D eigenvalue weighted by Gasteiger charge is -2.29. The standard InChI is InChI=1S/C15H18N4/c1-16-9-12-10-17-15(18-11-12)19-8-4-6-13-5-2-3-7-14(13)19/h2-3,5,7,10-11,16H,4,6,8-9H2,1H3. The molecule has 1 aromatic heterocycles. The first-order valence-electron chi connectivity index (χ1n) is 6.69. The quantitative estimate of drug-likeness (QED) is 0.912. The minimum absolute atomic E-state index is 0.798. The molecule has 1 aliphatic rings. The Labute approximate surface area is 113 Å². The maximum Gasteiger partial charge on any atom is 0.229 e. The van der Waals surface area contributed by atoms with Crippen LogP contribution in [0.2, 0.25) is 0 Å². The highest BCUT2D eigenvalue weighted by atomic mass is 15.3. The summed E-state index contributed by atoms with van der Waals surface area (Å²) in [4.78, 5) is 11.2. The molecule has 0 saturated carbocycles. The van der Waals surface area contributed by atoms with Crippen molar-refractivity contribution in [2.45, 2.75) is 19.4 Å². The van der Waals surface area contributed by atoms with Gasteiger partial charge in [-0.3, -0.25) is 0 Å². The van der Waals surface area contributed by atoms with E-state index in [1.54, 1.807) is 0 Å². The molecule has 4 nitrogen and oxygen atoms in total. The van der Waals surface area contributed by atoms with Crippen molar-refractivity contribution >= 4 is 11.6 Å². The molecule has 98 valence electrons. The molecule has 0 bridgehead atoms. The zero-order valence-electron chi connectivity index (χ0n) is 11.1. The van der Waals surface area contributed by atoms with Gasteiger partial charge in [0.15, 0.2) is 0 Å². The first-order chi connectivity index (χ1) is 9.38. The van der Waals surface area contributed by atoms with Gasteiger partial charge in [0.05, 0.1) is 0 Å². The Hall–Kier alpha value is -1.94. The third-order valence-corrected chi connectivity index (χ3v) is 3.42. The number of anilines is 2. The summed E-state index contributed by atoms with van der Waals surface area (Å²) >= 11 is 0. The first-order valence-corrected chi connectivity index (χ1v) is 6.69. The number of benzene rings is 1. The number of rotatable bonds is 3. The lowest BCUT2D eigenvalue weighted by molar-refractivity contribution is 0.745. The average Bonchev–Trinajstić information content (AvgIpc) is 2.48. The Morgan fingerprint density at radius 3 is 2.79 bits per heavy atom. The zero-order chi connectivity index (χ0) is 13.1. The van der Waals surface area contributed by atoms with Crippen LogP contribution in [0.3, 0.4) is 0 Å². The smallest absolute Gasteiger partial charge is 0.229 e. The highest BCUT2D eigenvalue weighted by Gasteiger charge is 2.19. The number of hydrogen-bond acceptors (Lipinski definition) is 4. The summed E-state index contributed by atoms with van der Waals surface area (Å²) in [5.41, 5.74) is 3.74. The van der Waals surface area contributed by atoms with Crippen LogP contribution in [0.15, 0.2) is 36.7 Å². The maximum absolute atomic E-state index is 4.49. The number of nitrogens with zero attached hydrogens (tertiary/aromatic N) is 3. The number of fused-ring (bicyclic) bond motifs is 1. The number of para-hydroxylation sites is 1. The monoisotopic (exact) mass is 254 g/mol. The molecule has 1 aromatic carbocycles. The molecule has 1 N–H and O–H groups in total. The summed E-state index contributed by atoms with van der Waals surface area (Å²) in [6.45, 7) is 1.79. The lowest BCUT2D eigenvalue weighted by Crippen LogP contribution is -2.26. The second-order valence-electron chi connectivity index (χ2n) is 4.81. The largest absolute Gasteiger partial charge is 0.316 e. The molecule has 0 fully saturated rings. The molecule has 0 atom stereocenters. The summed E-state index contributed by atoms with van der Waals surface area (Å²) in [5, 5.41) is 3.11. The minimum Gasteiger partial charge on any atom is -0.316 e. The fourth-order valence-electron chi connectivity index (χ4n) is 2.52. The van der Waals surface area contributed by atoms with Gasteiger partial charge < -0.3 is 10.2 Å². The van der Waals surface area contributed by atoms with E-state index in [1.165, 1.54) is 11.3 Å². The van der Waals surface area contributed by atoms with Crippen LogP contribution in [-0.2, 0) is 13.0 Å². The lowest BCUT2D eigenvalue weighted by atomic mass is 10.0. The molecule has 2 aromatic rings. The Morgan fingerprint density at radius 2 is 2.00 bits per heavy atom. The van der Waals surface area contributed by atoms with Crippen molar-refractivity contribution in [2.75, 3.05) is 18.5 Å². The molecule has 4 heteroatoms. The fraction of sp³-hybridized carbons (Fsp3) is 0.333. The molecule has 0 spiro atoms. The Morgan fingerprint density at radius 1 is 1.21 bits per heavy atom. The number of nitrogens with one attached hydrogen (secondary N) is 1. The molecule has 0 unspecified atom stereocenters. The molecule has 0 amide bonds. The van der Waals surface area contributed by atoms with Gasteiger partial charge in [-0.05, 0) is 31.5 Å². The summed E-state index contributed by atoms with van der Waals surface area (Å²) in [7, 11) is 1.93. The van der Waals surface area contributed by atoms with Gasteiger partial charge in [-0.2, -0.15) is 0 Å². The predicted molar refractivity (Wildman–Crippen MR) is 76.6 cm³/mol. The van der Waals surface area contributed by atoms with Gasteiger partial charge in [0.1, 0.15) is 0 Å². The van der Waals surface area contributed by atoms with E-state index in [4.69, 9.17) is 0 Å². The van der Waals surface area contributed by atoms with Crippen molar-refractivity contribution in [1.82, 2.24) is 15.3 Å². The van der Waals surface area contributed by atoms with Crippen molar-refractivity contribution < 1.29 is 0 Å². The second-order valence-corrected chi connectivity index (χ2v) is 4.81. The van der Waals surface area contributed by atoms with Gasteiger partial charge in [0.25, 0.3) is 0 Å². The predicted octanol–water partition coefficient (Wildman–Crippen LogP) is 2.28. The van der Waals surface area contributed by atoms with Crippen LogP contribution in [0.4, 0.5) is 11.6 Å². The fourth-order valence-corrected chi connectivity index (χ4v) is 2.52. The van der Waals surface area contributed by atoms with Crippen molar-refractivity contribution in [3.63, 3.8) is 0 Å². The van der Waals surface area contributed by atoms with Gasteiger partial charge in [-0.1, -0.05) is 18.2 Å². The maximum atomic E-state index is 4.49. The van der Waals surface area contributed by atoms with E-state index in [2.05, 4.69) is 44.5 Å².